The number of rotatable bonds is 64. The van der Waals surface area contributed by atoms with Crippen molar-refractivity contribution in [1.29, 1.82) is 0 Å². The van der Waals surface area contributed by atoms with Gasteiger partial charge in [-0.1, -0.05) is 382 Å². The summed E-state index contributed by atoms with van der Waals surface area (Å²) < 4.78 is 84.6. The number of amides is 1. The number of carbonyl (C=O) groups is 3. The maximum Gasteiger partial charge on any atom is 0.475 e. The molecular weight excluding hydrogens is 1410 g/mol. The molecule has 0 saturated carbocycles. The standard InChI is InChI=1S/C95H136NO14P/c1-5-9-12-15-18-21-22-25-28-31-52-69-89(98)107-86(68-51-30-27-24-20-17-14-11-7-3)74-90(99)109-93-91(96-88(97)73-85(103-75-79-55-38-32-39-56-79)67-50-29-26-23-19-16-13-10-6-2)94(102-72-54-53-71-101-70-8-4)108-87(92(93)110-111(100,105-76-80-57-40-33-41-58-80)106-77-81-59-42-34-43-60-81)78-104-95(82-61-44-35-45-62-82,83-63-46-36-47-64-83)84-65-48-37-49-66-84/h8,32-49,55-66,85-87,91-94H,4-7,9-31,50-54,67-78H2,1-3H3,(H,96,97)/t85-,86-,87-,91-,92-,93-,94-/m1/s1. The lowest BCUT2D eigenvalue weighted by Gasteiger charge is -2.47. The van der Waals surface area contributed by atoms with E-state index in [2.05, 4.69) is 32.7 Å². The van der Waals surface area contributed by atoms with Gasteiger partial charge in [0.2, 0.25) is 5.91 Å². The first-order valence-corrected chi connectivity index (χ1v) is 44.3. The Morgan fingerprint density at radius 2 is 0.874 bits per heavy atom. The predicted molar refractivity (Wildman–Crippen MR) is 446 cm³/mol. The average Bonchev–Trinajstić information content (AvgIpc) is 0.754. The van der Waals surface area contributed by atoms with E-state index < -0.39 is 68.2 Å². The van der Waals surface area contributed by atoms with Gasteiger partial charge in [0.15, 0.2) is 12.4 Å². The zero-order valence-electron chi connectivity index (χ0n) is 67.7. The largest absolute Gasteiger partial charge is 0.475 e. The van der Waals surface area contributed by atoms with Gasteiger partial charge in [-0.3, -0.25) is 28.0 Å². The molecule has 1 saturated heterocycles. The molecule has 6 aromatic rings. The second-order valence-corrected chi connectivity index (χ2v) is 31.7. The van der Waals surface area contributed by atoms with Gasteiger partial charge in [-0.15, -0.1) is 6.58 Å². The molecule has 0 spiro atoms. The number of hydrogen-bond donors (Lipinski definition) is 1. The summed E-state index contributed by atoms with van der Waals surface area (Å²) in [6.07, 6.45) is 28.9. The zero-order chi connectivity index (χ0) is 78.3. The van der Waals surface area contributed by atoms with Crippen LogP contribution in [-0.4, -0.2) is 87.1 Å². The minimum Gasteiger partial charge on any atom is -0.462 e. The van der Waals surface area contributed by atoms with E-state index in [-0.39, 0.29) is 58.3 Å². The third-order valence-corrected chi connectivity index (χ3v) is 22.2. The van der Waals surface area contributed by atoms with E-state index in [1.54, 1.807) is 6.08 Å². The number of ether oxygens (including phenoxy) is 7. The van der Waals surface area contributed by atoms with Crippen molar-refractivity contribution in [2.45, 2.75) is 320 Å². The van der Waals surface area contributed by atoms with Crippen molar-refractivity contribution in [1.82, 2.24) is 5.32 Å². The van der Waals surface area contributed by atoms with Crippen molar-refractivity contribution in [2.75, 3.05) is 26.4 Å². The molecule has 1 amide bonds. The van der Waals surface area contributed by atoms with Crippen molar-refractivity contribution >= 4 is 25.7 Å². The Morgan fingerprint density at radius 3 is 1.32 bits per heavy atom. The van der Waals surface area contributed by atoms with Gasteiger partial charge in [0.25, 0.3) is 0 Å². The Hall–Kier alpha value is -6.62. The zero-order valence-corrected chi connectivity index (χ0v) is 68.6. The molecule has 7 rings (SSSR count). The second kappa shape index (κ2) is 56.6. The van der Waals surface area contributed by atoms with Gasteiger partial charge in [0.1, 0.15) is 30.0 Å². The smallest absolute Gasteiger partial charge is 0.462 e. The number of phosphoric ester groups is 1. The van der Waals surface area contributed by atoms with Crippen LogP contribution < -0.4 is 5.32 Å². The highest BCUT2D eigenvalue weighted by molar-refractivity contribution is 7.48. The molecule has 0 aliphatic carbocycles. The van der Waals surface area contributed by atoms with Crippen LogP contribution in [0.25, 0.3) is 0 Å². The second-order valence-electron chi connectivity index (χ2n) is 30.1. The van der Waals surface area contributed by atoms with Crippen LogP contribution in [0, 0.1) is 0 Å². The molecule has 0 unspecified atom stereocenters. The molecule has 610 valence electrons. The predicted octanol–water partition coefficient (Wildman–Crippen LogP) is 23.9. The van der Waals surface area contributed by atoms with Gasteiger partial charge in [0, 0.05) is 19.6 Å². The summed E-state index contributed by atoms with van der Waals surface area (Å²) in [4.78, 5) is 45.7. The van der Waals surface area contributed by atoms with Crippen molar-refractivity contribution in [3.05, 3.63) is 228 Å². The molecule has 7 atom stereocenters. The first-order chi connectivity index (χ1) is 54.6. The Bertz CT molecular complexity index is 3250. The number of carbonyl (C=O) groups excluding carboxylic acids is 3. The quantitative estimate of drug-likeness (QED) is 0.0126. The van der Waals surface area contributed by atoms with Crippen LogP contribution in [0.1, 0.15) is 285 Å². The van der Waals surface area contributed by atoms with Crippen LogP contribution in [0.5, 0.6) is 0 Å². The minimum atomic E-state index is -4.88. The summed E-state index contributed by atoms with van der Waals surface area (Å²) in [5.74, 6) is -1.55. The van der Waals surface area contributed by atoms with E-state index in [1.165, 1.54) is 103 Å². The van der Waals surface area contributed by atoms with E-state index in [9.17, 15) is 4.79 Å². The SMILES string of the molecule is C=CCOCCCCO[C@@H]1O[C@H](COC(c2ccccc2)(c2ccccc2)c2ccccc2)[C@@H](OP(=O)(OCc2ccccc2)OCc2ccccc2)[C@H](OC(=O)C[C@@H](CCCCCCCCCCC)OC(=O)CCCCCCCCCCCCC)[C@H]1NC(=O)C[C@@H](CCCCCCCCCCC)OCc1ccccc1. The van der Waals surface area contributed by atoms with Crippen LogP contribution in [0.4, 0.5) is 0 Å². The molecular formula is C95H136NO14P. The fourth-order valence-corrected chi connectivity index (χ4v) is 15.9. The molecule has 16 heteroatoms. The fourth-order valence-electron chi connectivity index (χ4n) is 14.6. The van der Waals surface area contributed by atoms with E-state index in [0.29, 0.717) is 62.9 Å². The topological polar surface area (TPSA) is 173 Å². The van der Waals surface area contributed by atoms with Crippen molar-refractivity contribution in [3.8, 4) is 0 Å². The van der Waals surface area contributed by atoms with Crippen LogP contribution in [0.2, 0.25) is 0 Å². The Labute approximate surface area is 667 Å². The molecule has 6 aromatic carbocycles. The Balaban J connectivity index is 1.33. The third-order valence-electron chi connectivity index (χ3n) is 20.8. The highest BCUT2D eigenvalue weighted by Crippen LogP contribution is 2.54. The van der Waals surface area contributed by atoms with Gasteiger partial charge in [-0.2, -0.15) is 0 Å². The maximum atomic E-state index is 16.4. The number of unbranched alkanes of at least 4 members (excludes halogenated alkanes) is 27. The molecule has 1 aliphatic heterocycles. The van der Waals surface area contributed by atoms with Crippen LogP contribution in [0.15, 0.2) is 195 Å². The summed E-state index contributed by atoms with van der Waals surface area (Å²) >= 11 is 0. The Morgan fingerprint density at radius 1 is 0.468 bits per heavy atom. The summed E-state index contributed by atoms with van der Waals surface area (Å²) in [7, 11) is -4.88. The molecule has 15 nitrogen and oxygen atoms in total. The van der Waals surface area contributed by atoms with Gasteiger partial charge in [-0.05, 0) is 71.9 Å². The highest BCUT2D eigenvalue weighted by atomic mass is 31.2. The monoisotopic (exact) mass is 1550 g/mol. The van der Waals surface area contributed by atoms with E-state index >= 15 is 14.2 Å². The number of esters is 2. The van der Waals surface area contributed by atoms with Gasteiger partial charge >= 0.3 is 19.8 Å². The van der Waals surface area contributed by atoms with Gasteiger partial charge < -0.3 is 38.5 Å². The van der Waals surface area contributed by atoms with Crippen LogP contribution >= 0.6 is 7.82 Å². The average molecular weight is 1550 g/mol. The van der Waals surface area contributed by atoms with Gasteiger partial charge in [0.05, 0.1) is 52.0 Å². The normalized spacial score (nSPS) is 16.4. The third kappa shape index (κ3) is 36.2. The van der Waals surface area contributed by atoms with Crippen molar-refractivity contribution < 1.29 is 65.7 Å². The number of benzene rings is 6. The maximum absolute atomic E-state index is 16.4. The van der Waals surface area contributed by atoms with Crippen LogP contribution in [-0.2, 0) is 91.1 Å². The summed E-state index contributed by atoms with van der Waals surface area (Å²) in [5.41, 5.74) is 3.38. The lowest BCUT2D eigenvalue weighted by molar-refractivity contribution is -0.277. The van der Waals surface area contributed by atoms with Crippen molar-refractivity contribution in [3.63, 3.8) is 0 Å². The molecule has 0 radical (unpaired) electrons. The minimum absolute atomic E-state index is 0.0745. The highest BCUT2D eigenvalue weighted by Gasteiger charge is 2.54. The van der Waals surface area contributed by atoms with Crippen LogP contribution in [0.3, 0.4) is 0 Å². The van der Waals surface area contributed by atoms with E-state index in [4.69, 9.17) is 46.7 Å². The molecule has 1 fully saturated rings. The number of hydrogen-bond acceptors (Lipinski definition) is 14. The number of phosphoric acid groups is 1. The lowest BCUT2D eigenvalue weighted by atomic mass is 9.80. The fraction of sp³-hybridized carbons (Fsp3) is 0.568. The summed E-state index contributed by atoms with van der Waals surface area (Å²) in [6.45, 7) is 11.0. The Kier molecular flexibility index (Phi) is 46.7. The van der Waals surface area contributed by atoms with E-state index in [0.717, 1.165) is 92.9 Å². The molecule has 1 aliphatic rings. The number of nitrogens with one attached hydrogen (secondary N) is 1. The molecule has 0 aromatic heterocycles. The van der Waals surface area contributed by atoms with Crippen molar-refractivity contribution in [2.24, 2.45) is 0 Å². The van der Waals surface area contributed by atoms with E-state index in [1.807, 2.05) is 182 Å². The lowest BCUT2D eigenvalue weighted by Crippen LogP contribution is -2.66. The molecule has 0 bridgehead atoms. The first-order valence-electron chi connectivity index (χ1n) is 42.8. The molecule has 1 heterocycles. The molecule has 111 heavy (non-hydrogen) atoms. The molecule has 1 N–H and O–H groups in total. The summed E-state index contributed by atoms with van der Waals surface area (Å²) in [6, 6.07) is 57.0. The first kappa shape index (κ1) is 91.6. The van der Waals surface area contributed by atoms with Gasteiger partial charge in [-0.25, -0.2) is 4.57 Å². The summed E-state index contributed by atoms with van der Waals surface area (Å²) in [5, 5.41) is 3.31.